The van der Waals surface area contributed by atoms with Gasteiger partial charge in [-0.2, -0.15) is 0 Å². The number of guanidine groups is 2. The summed E-state index contributed by atoms with van der Waals surface area (Å²) in [5.74, 6) is -1.85. The number of amides is 4. The molecule has 0 aliphatic carbocycles. The second-order valence-electron chi connectivity index (χ2n) is 13.7. The lowest BCUT2D eigenvalue weighted by Gasteiger charge is -2.29. The number of aliphatic imine (C=N–C) groups is 1. The molecule has 4 atom stereocenters. The van der Waals surface area contributed by atoms with E-state index in [9.17, 15) is 19.2 Å². The van der Waals surface area contributed by atoms with Gasteiger partial charge in [0.2, 0.25) is 23.6 Å². The topological polar surface area (TPSA) is 251 Å². The summed E-state index contributed by atoms with van der Waals surface area (Å²) in [7, 11) is 0. The summed E-state index contributed by atoms with van der Waals surface area (Å²) in [6.45, 7) is 5.99. The summed E-state index contributed by atoms with van der Waals surface area (Å²) >= 11 is 0. The number of carbonyl (C=O) groups excluding carboxylic acids is 4. The number of nitrogens with two attached hydrogens (primary N) is 4. The Kier molecular flexibility index (Phi) is 16.9. The van der Waals surface area contributed by atoms with Crippen molar-refractivity contribution in [2.24, 2.45) is 33.8 Å². The van der Waals surface area contributed by atoms with Crippen molar-refractivity contribution >= 4 is 35.5 Å². The predicted molar refractivity (Wildman–Crippen MR) is 203 cm³/mol. The fourth-order valence-corrected chi connectivity index (χ4v) is 6.07. The summed E-state index contributed by atoms with van der Waals surface area (Å²) in [5.41, 5.74) is 24.6. The van der Waals surface area contributed by atoms with E-state index >= 15 is 0 Å². The lowest BCUT2D eigenvalue weighted by Crippen LogP contribution is -2.58. The van der Waals surface area contributed by atoms with Crippen LogP contribution in [0, 0.1) is 11.3 Å². The molecular weight excluding hydrogens is 662 g/mol. The molecule has 15 nitrogen and oxygen atoms in total. The fraction of sp³-hybridized carbons (Fsp3) is 0.514. The molecule has 12 N–H and O–H groups in total. The first-order valence-electron chi connectivity index (χ1n) is 18.0. The molecule has 1 fully saturated rings. The van der Waals surface area contributed by atoms with Crippen LogP contribution in [0.2, 0.25) is 0 Å². The van der Waals surface area contributed by atoms with Crippen LogP contribution in [-0.4, -0.2) is 102 Å². The average Bonchev–Trinajstić information content (AvgIpc) is 3.37. The van der Waals surface area contributed by atoms with Gasteiger partial charge in [0.05, 0.1) is 6.04 Å². The fourth-order valence-electron chi connectivity index (χ4n) is 6.07. The molecule has 2 aromatic rings. The van der Waals surface area contributed by atoms with E-state index in [2.05, 4.69) is 20.9 Å². The van der Waals surface area contributed by atoms with Gasteiger partial charge in [-0.15, -0.1) is 0 Å². The van der Waals surface area contributed by atoms with Crippen LogP contribution >= 0.6 is 0 Å². The van der Waals surface area contributed by atoms with Crippen molar-refractivity contribution in [3.05, 3.63) is 71.8 Å². The molecular formula is C37H57N11O4. The monoisotopic (exact) mass is 719 g/mol. The standard InChI is InChI=1S/C37H57N11O4/c1-25(2)22-30(33(50)44-29(16-9-10-17-43-36(39)40)35(52)47-18-11-19-48(21-20-47)37(41)42)46-34(51)31(24-27-14-7-4-8-15-27)45-32(49)28(38)23-26-12-5-3-6-13-26/h3-8,12-15,25,28-31H,9-11,16-24,38H2,1-2H3,(H3,41,42)(H,44,50)(H,45,49)(H,46,51)(H4,39,40,43)/t28-,29-,30-,31-/m1/s1. The second-order valence-corrected chi connectivity index (χ2v) is 13.7. The molecule has 0 radical (unpaired) electrons. The van der Waals surface area contributed by atoms with Crippen LogP contribution in [0.5, 0.6) is 0 Å². The molecule has 0 spiro atoms. The van der Waals surface area contributed by atoms with Crippen LogP contribution in [0.3, 0.4) is 0 Å². The molecule has 52 heavy (non-hydrogen) atoms. The third kappa shape index (κ3) is 14.2. The van der Waals surface area contributed by atoms with Crippen LogP contribution in [0.1, 0.15) is 57.1 Å². The summed E-state index contributed by atoms with van der Waals surface area (Å²) < 4.78 is 0. The Morgan fingerprint density at radius 1 is 0.731 bits per heavy atom. The van der Waals surface area contributed by atoms with Crippen LogP contribution in [-0.2, 0) is 32.0 Å². The van der Waals surface area contributed by atoms with Gasteiger partial charge in [-0.1, -0.05) is 74.5 Å². The van der Waals surface area contributed by atoms with E-state index in [1.165, 1.54) is 0 Å². The molecule has 0 bridgehead atoms. The van der Waals surface area contributed by atoms with Crippen molar-refractivity contribution in [3.8, 4) is 0 Å². The maximum absolute atomic E-state index is 14.0. The van der Waals surface area contributed by atoms with Crippen LogP contribution < -0.4 is 38.9 Å². The number of unbranched alkanes of at least 4 members (excludes halogenated alkanes) is 1. The minimum atomic E-state index is -1.02. The predicted octanol–water partition coefficient (Wildman–Crippen LogP) is 0.171. The molecule has 0 unspecified atom stereocenters. The Bertz CT molecular complexity index is 1480. The average molecular weight is 720 g/mol. The van der Waals surface area contributed by atoms with Gasteiger partial charge in [-0.05, 0) is 55.6 Å². The van der Waals surface area contributed by atoms with Gasteiger partial charge in [0.15, 0.2) is 11.9 Å². The van der Waals surface area contributed by atoms with Gasteiger partial charge < -0.3 is 48.7 Å². The summed E-state index contributed by atoms with van der Waals surface area (Å²) in [6, 6.07) is 14.9. The zero-order valence-corrected chi connectivity index (χ0v) is 30.4. The van der Waals surface area contributed by atoms with Gasteiger partial charge in [0.1, 0.15) is 18.1 Å². The molecule has 4 amide bonds. The Labute approximate surface area is 306 Å². The van der Waals surface area contributed by atoms with E-state index in [1.54, 1.807) is 9.80 Å². The van der Waals surface area contributed by atoms with Gasteiger partial charge in [-0.25, -0.2) is 0 Å². The Morgan fingerprint density at radius 2 is 1.27 bits per heavy atom. The molecule has 2 aromatic carbocycles. The molecule has 15 heteroatoms. The number of nitrogens with one attached hydrogen (secondary N) is 4. The second kappa shape index (κ2) is 21.2. The molecule has 3 rings (SSSR count). The Morgan fingerprint density at radius 3 is 1.87 bits per heavy atom. The van der Waals surface area contributed by atoms with Crippen molar-refractivity contribution in [2.75, 3.05) is 32.7 Å². The molecule has 1 saturated heterocycles. The quantitative estimate of drug-likeness (QED) is 0.0593. The van der Waals surface area contributed by atoms with E-state index in [4.69, 9.17) is 28.3 Å². The highest BCUT2D eigenvalue weighted by Crippen LogP contribution is 2.13. The number of hydrogen-bond donors (Lipinski definition) is 8. The lowest BCUT2D eigenvalue weighted by atomic mass is 9.99. The number of carbonyl (C=O) groups is 4. The van der Waals surface area contributed by atoms with E-state index in [0.29, 0.717) is 64.8 Å². The van der Waals surface area contributed by atoms with E-state index < -0.39 is 41.9 Å². The minimum absolute atomic E-state index is 0.00872. The highest BCUT2D eigenvalue weighted by molar-refractivity contribution is 5.95. The lowest BCUT2D eigenvalue weighted by molar-refractivity contribution is -0.138. The molecule has 0 saturated carbocycles. The van der Waals surface area contributed by atoms with Crippen molar-refractivity contribution < 1.29 is 19.2 Å². The van der Waals surface area contributed by atoms with Crippen molar-refractivity contribution in [2.45, 2.75) is 83.0 Å². The molecule has 1 aliphatic heterocycles. The van der Waals surface area contributed by atoms with E-state index in [-0.39, 0.29) is 36.6 Å². The van der Waals surface area contributed by atoms with Crippen molar-refractivity contribution in [3.63, 3.8) is 0 Å². The summed E-state index contributed by atoms with van der Waals surface area (Å²) in [6.07, 6.45) is 2.84. The molecule has 1 aliphatic rings. The highest BCUT2D eigenvalue weighted by Gasteiger charge is 2.33. The largest absolute Gasteiger partial charge is 0.370 e. The molecule has 0 aromatic heterocycles. The van der Waals surface area contributed by atoms with Crippen LogP contribution in [0.4, 0.5) is 0 Å². The first-order valence-corrected chi connectivity index (χ1v) is 18.0. The van der Waals surface area contributed by atoms with Crippen LogP contribution in [0.15, 0.2) is 65.7 Å². The van der Waals surface area contributed by atoms with Gasteiger partial charge in [-0.3, -0.25) is 29.6 Å². The SMILES string of the molecule is CC(C)C[C@@H](NC(=O)[C@@H](Cc1ccccc1)NC(=O)[C@H](N)Cc1ccccc1)C(=O)N[C@H](CCCCN=C(N)N)C(=O)N1CCCN(C(=N)N)CC1. The third-order valence-corrected chi connectivity index (χ3v) is 8.85. The third-order valence-electron chi connectivity index (χ3n) is 8.85. The van der Waals surface area contributed by atoms with E-state index in [1.807, 2.05) is 74.5 Å². The number of nitrogens with zero attached hydrogens (tertiary/aromatic N) is 3. The first-order chi connectivity index (χ1) is 24.8. The Balaban J connectivity index is 1.79. The number of benzene rings is 2. The zero-order valence-electron chi connectivity index (χ0n) is 30.4. The number of rotatable bonds is 18. The summed E-state index contributed by atoms with van der Waals surface area (Å²) in [4.78, 5) is 62.6. The minimum Gasteiger partial charge on any atom is -0.370 e. The number of hydrogen-bond acceptors (Lipinski definition) is 7. The van der Waals surface area contributed by atoms with Gasteiger partial charge >= 0.3 is 0 Å². The molecule has 284 valence electrons. The molecule has 1 heterocycles. The smallest absolute Gasteiger partial charge is 0.245 e. The van der Waals surface area contributed by atoms with E-state index in [0.717, 1.165) is 11.1 Å². The normalized spacial score (nSPS) is 15.4. The maximum atomic E-state index is 14.0. The van der Waals surface area contributed by atoms with Gasteiger partial charge in [0, 0.05) is 39.1 Å². The van der Waals surface area contributed by atoms with Gasteiger partial charge in [0.25, 0.3) is 0 Å². The highest BCUT2D eigenvalue weighted by atomic mass is 16.2. The van der Waals surface area contributed by atoms with Crippen molar-refractivity contribution in [1.29, 1.82) is 5.41 Å². The van der Waals surface area contributed by atoms with Crippen molar-refractivity contribution in [1.82, 2.24) is 25.8 Å². The Hall–Kier alpha value is -5.18. The first kappa shape index (κ1) is 41.2. The maximum Gasteiger partial charge on any atom is 0.245 e. The summed E-state index contributed by atoms with van der Waals surface area (Å²) in [5, 5.41) is 16.4. The van der Waals surface area contributed by atoms with Crippen LogP contribution in [0.25, 0.3) is 0 Å². The zero-order chi connectivity index (χ0) is 38.0.